The average molecular weight is 666 g/mol. The molecule has 49 heavy (non-hydrogen) atoms. The van der Waals surface area contributed by atoms with E-state index in [2.05, 4.69) is 184 Å². The van der Waals surface area contributed by atoms with Crippen LogP contribution < -0.4 is 10.1 Å². The largest absolute Gasteiger partial charge is 0.308 e. The number of benzene rings is 7. The molecule has 8 aromatic rings. The second-order valence-electron chi connectivity index (χ2n) is 15.0. The third-order valence-corrected chi connectivity index (χ3v) is 13.9. The highest BCUT2D eigenvalue weighted by Crippen LogP contribution is 2.55. The molecular formula is C46H39NSSi. The summed E-state index contributed by atoms with van der Waals surface area (Å²) in [7, 11) is -1.49. The predicted molar refractivity (Wildman–Crippen MR) is 217 cm³/mol. The molecule has 0 atom stereocenters. The zero-order valence-corrected chi connectivity index (χ0v) is 30.5. The maximum absolute atomic E-state index is 2.54. The zero-order valence-electron chi connectivity index (χ0n) is 28.7. The maximum Gasteiger partial charge on any atom is 0.0776 e. The van der Waals surface area contributed by atoms with Crippen LogP contribution in [0.4, 0.5) is 17.1 Å². The average Bonchev–Trinajstić information content (AvgIpc) is 3.61. The Morgan fingerprint density at radius 1 is 0.531 bits per heavy atom. The molecule has 1 aliphatic rings. The van der Waals surface area contributed by atoms with Crippen LogP contribution in [0.15, 0.2) is 146 Å². The van der Waals surface area contributed by atoms with Crippen LogP contribution in [0, 0.1) is 0 Å². The quantitative estimate of drug-likeness (QED) is 0.165. The van der Waals surface area contributed by atoms with Gasteiger partial charge in [-0.1, -0.05) is 154 Å². The molecule has 0 N–H and O–H groups in total. The van der Waals surface area contributed by atoms with Crippen molar-refractivity contribution < 1.29 is 0 Å². The van der Waals surface area contributed by atoms with E-state index >= 15 is 0 Å². The molecule has 0 radical (unpaired) electrons. The predicted octanol–water partition coefficient (Wildman–Crippen LogP) is 13.2. The Balaban J connectivity index is 1.33. The standard InChI is InChI=1S/C46H39NSSi/c1-46(2)39-28-33(49(3,4)5)26-27-38(39)44-36-18-10-9-16-34(36)42(29-40(44)46)47(32-24-22-31(23-25-32)30-14-7-6-8-15-30)41-20-13-19-37-35-17-11-12-21-43(35)48-45(37)41/h6-29H,1-5H3. The fourth-order valence-electron chi connectivity index (χ4n) is 7.97. The van der Waals surface area contributed by atoms with E-state index in [4.69, 9.17) is 0 Å². The van der Waals surface area contributed by atoms with Crippen LogP contribution >= 0.6 is 11.3 Å². The van der Waals surface area contributed by atoms with Crippen LogP contribution in [-0.2, 0) is 5.41 Å². The minimum atomic E-state index is -1.49. The van der Waals surface area contributed by atoms with E-state index in [0.29, 0.717) is 0 Å². The summed E-state index contributed by atoms with van der Waals surface area (Å²) >= 11 is 1.89. The molecule has 0 fully saturated rings. The molecular weight excluding hydrogens is 627 g/mol. The zero-order chi connectivity index (χ0) is 33.5. The van der Waals surface area contributed by atoms with Crippen molar-refractivity contribution in [2.75, 3.05) is 4.90 Å². The van der Waals surface area contributed by atoms with Gasteiger partial charge in [0.1, 0.15) is 0 Å². The van der Waals surface area contributed by atoms with Gasteiger partial charge in [-0.05, 0) is 69.1 Å². The number of hydrogen-bond donors (Lipinski definition) is 0. The highest BCUT2D eigenvalue weighted by atomic mass is 32.1. The van der Waals surface area contributed by atoms with Gasteiger partial charge in [0.05, 0.1) is 24.1 Å². The molecule has 1 aromatic heterocycles. The van der Waals surface area contributed by atoms with Crippen LogP contribution in [-0.4, -0.2) is 8.07 Å². The summed E-state index contributed by atoms with van der Waals surface area (Å²) < 4.78 is 2.63. The van der Waals surface area contributed by atoms with Crippen LogP contribution in [0.2, 0.25) is 19.6 Å². The van der Waals surface area contributed by atoms with Gasteiger partial charge < -0.3 is 4.90 Å². The summed E-state index contributed by atoms with van der Waals surface area (Å²) in [5.41, 5.74) is 11.5. The van der Waals surface area contributed by atoms with Crippen LogP contribution in [0.1, 0.15) is 25.0 Å². The molecule has 0 saturated heterocycles. The Hall–Kier alpha value is -4.96. The topological polar surface area (TPSA) is 3.24 Å². The van der Waals surface area contributed by atoms with Crippen molar-refractivity contribution in [3.05, 3.63) is 157 Å². The highest BCUT2D eigenvalue weighted by Gasteiger charge is 2.39. The number of thiophene rings is 1. The van der Waals surface area contributed by atoms with Crippen molar-refractivity contribution in [3.63, 3.8) is 0 Å². The molecule has 3 heteroatoms. The van der Waals surface area contributed by atoms with E-state index in [1.807, 2.05) is 11.3 Å². The van der Waals surface area contributed by atoms with Crippen molar-refractivity contribution in [3.8, 4) is 22.3 Å². The van der Waals surface area contributed by atoms with Gasteiger partial charge in [-0.3, -0.25) is 0 Å². The van der Waals surface area contributed by atoms with Crippen molar-refractivity contribution in [2.45, 2.75) is 38.9 Å². The number of nitrogens with zero attached hydrogens (tertiary/aromatic N) is 1. The lowest BCUT2D eigenvalue weighted by Crippen LogP contribution is -2.38. The van der Waals surface area contributed by atoms with Gasteiger partial charge in [-0.25, -0.2) is 0 Å². The third-order valence-electron chi connectivity index (χ3n) is 10.6. The molecule has 0 saturated carbocycles. The molecule has 1 aliphatic carbocycles. The molecule has 238 valence electrons. The van der Waals surface area contributed by atoms with Gasteiger partial charge in [0.25, 0.3) is 0 Å². The van der Waals surface area contributed by atoms with Crippen molar-refractivity contribution in [1.29, 1.82) is 0 Å². The van der Waals surface area contributed by atoms with Crippen LogP contribution in [0.25, 0.3) is 53.2 Å². The second-order valence-corrected chi connectivity index (χ2v) is 21.1. The van der Waals surface area contributed by atoms with E-state index < -0.39 is 8.07 Å². The number of hydrogen-bond acceptors (Lipinski definition) is 2. The number of fused-ring (bicyclic) bond motifs is 8. The van der Waals surface area contributed by atoms with Crippen molar-refractivity contribution in [2.24, 2.45) is 0 Å². The SMILES string of the molecule is CC1(C)c2cc([Si](C)(C)C)ccc2-c2c1cc(N(c1ccc(-c3ccccc3)cc1)c1cccc3c1sc1ccccc13)c1ccccc21. The fraction of sp³-hybridized carbons (Fsp3) is 0.130. The van der Waals surface area contributed by atoms with Crippen molar-refractivity contribution in [1.82, 2.24) is 0 Å². The van der Waals surface area contributed by atoms with Crippen molar-refractivity contribution >= 4 is 72.6 Å². The Bertz CT molecular complexity index is 2550. The Kier molecular flexibility index (Phi) is 6.78. The first-order chi connectivity index (χ1) is 23.7. The normalized spacial score (nSPS) is 13.6. The second kappa shape index (κ2) is 11.0. The molecule has 0 amide bonds. The summed E-state index contributed by atoms with van der Waals surface area (Å²) in [4.78, 5) is 2.53. The number of rotatable bonds is 5. The van der Waals surface area contributed by atoms with Crippen LogP contribution in [0.3, 0.4) is 0 Å². The molecule has 0 aliphatic heterocycles. The fourth-order valence-corrected chi connectivity index (χ4v) is 10.3. The van der Waals surface area contributed by atoms with E-state index in [-0.39, 0.29) is 5.41 Å². The Morgan fingerprint density at radius 3 is 1.94 bits per heavy atom. The first kappa shape index (κ1) is 30.1. The monoisotopic (exact) mass is 665 g/mol. The molecule has 0 bridgehead atoms. The number of anilines is 3. The van der Waals surface area contributed by atoms with Gasteiger partial charge in [0.2, 0.25) is 0 Å². The van der Waals surface area contributed by atoms with Gasteiger partial charge in [0, 0.05) is 32.0 Å². The Morgan fingerprint density at radius 2 is 1.18 bits per heavy atom. The molecule has 9 rings (SSSR count). The summed E-state index contributed by atoms with van der Waals surface area (Å²) in [6, 6.07) is 54.4. The molecule has 0 spiro atoms. The minimum Gasteiger partial charge on any atom is -0.308 e. The smallest absolute Gasteiger partial charge is 0.0776 e. The Labute approximate surface area is 294 Å². The van der Waals surface area contributed by atoms with Gasteiger partial charge in [-0.2, -0.15) is 0 Å². The lowest BCUT2D eigenvalue weighted by Gasteiger charge is -2.30. The maximum atomic E-state index is 2.54. The van der Waals surface area contributed by atoms with Crippen LogP contribution in [0.5, 0.6) is 0 Å². The van der Waals surface area contributed by atoms with Gasteiger partial charge in [-0.15, -0.1) is 11.3 Å². The first-order valence-electron chi connectivity index (χ1n) is 17.3. The summed E-state index contributed by atoms with van der Waals surface area (Å²) in [5.74, 6) is 0. The van der Waals surface area contributed by atoms with E-state index in [1.165, 1.54) is 80.9 Å². The molecule has 1 nitrogen and oxygen atoms in total. The van der Waals surface area contributed by atoms with Gasteiger partial charge in [0.15, 0.2) is 0 Å². The molecule has 1 heterocycles. The third kappa shape index (κ3) is 4.71. The highest BCUT2D eigenvalue weighted by molar-refractivity contribution is 7.26. The lowest BCUT2D eigenvalue weighted by molar-refractivity contribution is 0.661. The molecule has 7 aromatic carbocycles. The van der Waals surface area contributed by atoms with E-state index in [1.54, 1.807) is 0 Å². The van der Waals surface area contributed by atoms with E-state index in [9.17, 15) is 0 Å². The van der Waals surface area contributed by atoms with Gasteiger partial charge >= 0.3 is 0 Å². The summed E-state index contributed by atoms with van der Waals surface area (Å²) in [6.07, 6.45) is 0. The van der Waals surface area contributed by atoms with E-state index in [0.717, 1.165) is 5.69 Å². The summed E-state index contributed by atoms with van der Waals surface area (Å²) in [5, 5.41) is 6.73. The lowest BCUT2D eigenvalue weighted by atomic mass is 9.81. The summed E-state index contributed by atoms with van der Waals surface area (Å²) in [6.45, 7) is 12.2. The first-order valence-corrected chi connectivity index (χ1v) is 21.6. The minimum absolute atomic E-state index is 0.133. The molecule has 0 unspecified atom stereocenters.